The highest BCUT2D eigenvalue weighted by molar-refractivity contribution is 6.02. The van der Waals surface area contributed by atoms with Crippen molar-refractivity contribution in [2.75, 3.05) is 11.9 Å². The Balaban J connectivity index is 2.07. The average molecular weight is 291 g/mol. The van der Waals surface area contributed by atoms with Crippen molar-refractivity contribution in [2.24, 2.45) is 0 Å². The van der Waals surface area contributed by atoms with Crippen LogP contribution in [0, 0.1) is 6.92 Å². The third kappa shape index (κ3) is 3.31. The highest BCUT2D eigenvalue weighted by atomic mass is 16.5. The van der Waals surface area contributed by atoms with Crippen LogP contribution in [0.1, 0.15) is 46.2 Å². The van der Waals surface area contributed by atoms with Crippen molar-refractivity contribution in [3.8, 4) is 0 Å². The number of nitrogens with one attached hydrogen (secondary N) is 2. The van der Waals surface area contributed by atoms with Gasteiger partial charge >= 0.3 is 5.97 Å². The van der Waals surface area contributed by atoms with E-state index in [1.807, 2.05) is 13.8 Å². The molecule has 0 atom stereocenters. The lowest BCUT2D eigenvalue weighted by Gasteiger charge is -1.98. The summed E-state index contributed by atoms with van der Waals surface area (Å²) in [7, 11) is 0. The second-order valence-electron chi connectivity index (χ2n) is 4.41. The Morgan fingerprint density at radius 1 is 1.38 bits per heavy atom. The normalized spacial score (nSPS) is 10.4. The second-order valence-corrected chi connectivity index (χ2v) is 4.41. The van der Waals surface area contributed by atoms with Crippen molar-refractivity contribution in [1.29, 1.82) is 0 Å². The van der Waals surface area contributed by atoms with E-state index in [1.54, 1.807) is 13.0 Å². The maximum atomic E-state index is 12.0. The molecular weight excluding hydrogens is 274 g/mol. The number of furan rings is 1. The van der Waals surface area contributed by atoms with Crippen molar-refractivity contribution in [3.05, 3.63) is 34.9 Å². The number of esters is 1. The fourth-order valence-corrected chi connectivity index (χ4v) is 1.86. The molecule has 21 heavy (non-hydrogen) atoms. The van der Waals surface area contributed by atoms with Gasteiger partial charge in [-0.15, -0.1) is 0 Å². The van der Waals surface area contributed by atoms with Crippen LogP contribution in [0.25, 0.3) is 0 Å². The zero-order valence-electron chi connectivity index (χ0n) is 12.1. The number of ether oxygens (including phenoxy) is 1. The van der Waals surface area contributed by atoms with Gasteiger partial charge in [-0.1, -0.05) is 6.92 Å². The van der Waals surface area contributed by atoms with Crippen LogP contribution >= 0.6 is 0 Å². The minimum absolute atomic E-state index is 0.178. The van der Waals surface area contributed by atoms with Crippen molar-refractivity contribution in [1.82, 2.24) is 10.2 Å². The van der Waals surface area contributed by atoms with Gasteiger partial charge in [-0.3, -0.25) is 9.89 Å². The van der Waals surface area contributed by atoms with E-state index in [9.17, 15) is 9.59 Å². The standard InChI is InChI=1S/C14H17N3O4/c1-4-10-8(3)6-11(21-10)13(18)15-12-7-9(16-17-12)14(19)20-5-2/h6-7H,4-5H2,1-3H3,(H2,15,16,17,18). The van der Waals surface area contributed by atoms with Crippen molar-refractivity contribution >= 4 is 17.7 Å². The Labute approximate surface area is 121 Å². The van der Waals surface area contributed by atoms with Gasteiger partial charge in [-0.05, 0) is 25.5 Å². The summed E-state index contributed by atoms with van der Waals surface area (Å²) in [4.78, 5) is 23.5. The molecule has 0 aliphatic rings. The third-order valence-electron chi connectivity index (χ3n) is 2.88. The lowest BCUT2D eigenvalue weighted by atomic mass is 10.2. The largest absolute Gasteiger partial charge is 0.461 e. The lowest BCUT2D eigenvalue weighted by molar-refractivity contribution is 0.0519. The summed E-state index contributed by atoms with van der Waals surface area (Å²) in [5.74, 6) is 0.280. The quantitative estimate of drug-likeness (QED) is 0.824. The zero-order valence-corrected chi connectivity index (χ0v) is 12.1. The summed E-state index contributed by atoms with van der Waals surface area (Å²) < 4.78 is 10.3. The molecule has 0 aliphatic carbocycles. The number of hydrogen-bond acceptors (Lipinski definition) is 5. The summed E-state index contributed by atoms with van der Waals surface area (Å²) >= 11 is 0. The van der Waals surface area contributed by atoms with E-state index in [0.717, 1.165) is 11.3 Å². The number of carbonyl (C=O) groups is 2. The minimum atomic E-state index is -0.521. The molecule has 0 aliphatic heterocycles. The number of aromatic nitrogens is 2. The first-order valence-corrected chi connectivity index (χ1v) is 6.68. The van der Waals surface area contributed by atoms with Gasteiger partial charge < -0.3 is 14.5 Å². The van der Waals surface area contributed by atoms with Crippen molar-refractivity contribution in [2.45, 2.75) is 27.2 Å². The number of aromatic amines is 1. The molecule has 1 amide bonds. The maximum absolute atomic E-state index is 12.0. The SMILES string of the molecule is CCOC(=O)c1cc(NC(=O)c2cc(C)c(CC)o2)n[nH]1. The summed E-state index contributed by atoms with van der Waals surface area (Å²) in [6.45, 7) is 5.81. The number of aryl methyl sites for hydroxylation is 2. The Hall–Kier alpha value is -2.57. The molecular formula is C14H17N3O4. The number of nitrogens with zero attached hydrogens (tertiary/aromatic N) is 1. The maximum Gasteiger partial charge on any atom is 0.356 e. The molecule has 2 heterocycles. The molecule has 0 unspecified atom stereocenters. The van der Waals surface area contributed by atoms with E-state index in [2.05, 4.69) is 15.5 Å². The first-order valence-electron chi connectivity index (χ1n) is 6.68. The molecule has 0 aromatic carbocycles. The van der Waals surface area contributed by atoms with Crippen LogP contribution in [-0.4, -0.2) is 28.7 Å². The minimum Gasteiger partial charge on any atom is -0.461 e. The van der Waals surface area contributed by atoms with Crippen LogP contribution in [0.15, 0.2) is 16.5 Å². The monoisotopic (exact) mass is 291 g/mol. The van der Waals surface area contributed by atoms with E-state index >= 15 is 0 Å². The Kier molecular flexibility index (Phi) is 4.42. The van der Waals surface area contributed by atoms with Crippen LogP contribution in [0.2, 0.25) is 0 Å². The summed E-state index contributed by atoms with van der Waals surface area (Å²) in [6.07, 6.45) is 0.717. The molecule has 0 saturated heterocycles. The molecule has 2 rings (SSSR count). The number of amides is 1. The summed E-state index contributed by atoms with van der Waals surface area (Å²) in [6, 6.07) is 3.08. The Morgan fingerprint density at radius 2 is 2.14 bits per heavy atom. The molecule has 0 radical (unpaired) electrons. The molecule has 2 N–H and O–H groups in total. The summed E-state index contributed by atoms with van der Waals surface area (Å²) in [5, 5.41) is 8.90. The van der Waals surface area contributed by atoms with E-state index < -0.39 is 11.9 Å². The van der Waals surface area contributed by atoms with Gasteiger partial charge in [0.2, 0.25) is 0 Å². The molecule has 0 fully saturated rings. The van der Waals surface area contributed by atoms with Gasteiger partial charge in [0.1, 0.15) is 11.5 Å². The number of rotatable bonds is 5. The van der Waals surface area contributed by atoms with Gasteiger partial charge in [-0.25, -0.2) is 4.79 Å². The van der Waals surface area contributed by atoms with Gasteiger partial charge in [0, 0.05) is 12.5 Å². The van der Waals surface area contributed by atoms with Crippen LogP contribution in [-0.2, 0) is 11.2 Å². The topological polar surface area (TPSA) is 97.2 Å². The van der Waals surface area contributed by atoms with E-state index in [0.29, 0.717) is 6.42 Å². The van der Waals surface area contributed by atoms with Gasteiger partial charge in [0.15, 0.2) is 11.6 Å². The second kappa shape index (κ2) is 6.25. The molecule has 7 nitrogen and oxygen atoms in total. The molecule has 0 bridgehead atoms. The first-order chi connectivity index (χ1) is 10.0. The highest BCUT2D eigenvalue weighted by Crippen LogP contribution is 2.16. The lowest BCUT2D eigenvalue weighted by Crippen LogP contribution is -2.11. The number of carbonyl (C=O) groups excluding carboxylic acids is 2. The van der Waals surface area contributed by atoms with Crippen LogP contribution in [0.4, 0.5) is 5.82 Å². The Bertz CT molecular complexity index is 657. The van der Waals surface area contributed by atoms with Gasteiger partial charge in [-0.2, -0.15) is 5.10 Å². The first kappa shape index (κ1) is 14.8. The molecule has 112 valence electrons. The van der Waals surface area contributed by atoms with Crippen LogP contribution < -0.4 is 5.32 Å². The van der Waals surface area contributed by atoms with Gasteiger partial charge in [0.25, 0.3) is 5.91 Å². The number of H-pyrrole nitrogens is 1. The van der Waals surface area contributed by atoms with Gasteiger partial charge in [0.05, 0.1) is 6.61 Å². The predicted molar refractivity (Wildman–Crippen MR) is 75.3 cm³/mol. The third-order valence-corrected chi connectivity index (χ3v) is 2.88. The van der Waals surface area contributed by atoms with E-state index in [-0.39, 0.29) is 23.9 Å². The zero-order chi connectivity index (χ0) is 15.4. The molecule has 2 aromatic rings. The fraction of sp³-hybridized carbons (Fsp3) is 0.357. The molecule has 7 heteroatoms. The average Bonchev–Trinajstić information content (AvgIpc) is 3.05. The van der Waals surface area contributed by atoms with Crippen molar-refractivity contribution < 1.29 is 18.7 Å². The van der Waals surface area contributed by atoms with Crippen LogP contribution in [0.3, 0.4) is 0 Å². The Morgan fingerprint density at radius 3 is 2.76 bits per heavy atom. The molecule has 0 saturated carbocycles. The molecule has 2 aromatic heterocycles. The number of anilines is 1. The molecule has 0 spiro atoms. The van der Waals surface area contributed by atoms with Crippen molar-refractivity contribution in [3.63, 3.8) is 0 Å². The van der Waals surface area contributed by atoms with Crippen LogP contribution in [0.5, 0.6) is 0 Å². The van der Waals surface area contributed by atoms with E-state index in [1.165, 1.54) is 6.07 Å². The summed E-state index contributed by atoms with van der Waals surface area (Å²) in [5.41, 5.74) is 1.11. The predicted octanol–water partition coefficient (Wildman–Crippen LogP) is 2.30. The highest BCUT2D eigenvalue weighted by Gasteiger charge is 2.16. The van der Waals surface area contributed by atoms with E-state index in [4.69, 9.17) is 9.15 Å². The number of hydrogen-bond donors (Lipinski definition) is 2. The fourth-order valence-electron chi connectivity index (χ4n) is 1.86. The smallest absolute Gasteiger partial charge is 0.356 e.